The van der Waals surface area contributed by atoms with Crippen molar-refractivity contribution in [3.63, 3.8) is 0 Å². The van der Waals surface area contributed by atoms with Crippen LogP contribution in [0.15, 0.2) is 22.7 Å². The van der Waals surface area contributed by atoms with Crippen molar-refractivity contribution in [3.05, 3.63) is 34.1 Å². The first-order valence-electron chi connectivity index (χ1n) is 7.28. The highest BCUT2D eigenvalue weighted by Gasteiger charge is 2.26. The van der Waals surface area contributed by atoms with Crippen LogP contribution in [0.25, 0.3) is 0 Å². The lowest BCUT2D eigenvalue weighted by Gasteiger charge is -2.41. The fraction of sp³-hybridized carbons (Fsp3) is 0.625. The van der Waals surface area contributed by atoms with Crippen LogP contribution in [0.4, 0.5) is 4.39 Å². The van der Waals surface area contributed by atoms with Gasteiger partial charge in [-0.3, -0.25) is 4.90 Å². The molecule has 2 rings (SSSR count). The predicted molar refractivity (Wildman–Crippen MR) is 85.3 cm³/mol. The Bertz CT molecular complexity index is 448. The predicted octanol–water partition coefficient (Wildman–Crippen LogP) is 3.94. The summed E-state index contributed by atoms with van der Waals surface area (Å²) in [7, 11) is 0. The topological polar surface area (TPSA) is 15.3 Å². The summed E-state index contributed by atoms with van der Waals surface area (Å²) >= 11 is 3.48. The van der Waals surface area contributed by atoms with Gasteiger partial charge in [0.15, 0.2) is 0 Å². The quantitative estimate of drug-likeness (QED) is 0.894. The molecule has 112 valence electrons. The van der Waals surface area contributed by atoms with Gasteiger partial charge in [-0.25, -0.2) is 4.39 Å². The highest BCUT2D eigenvalue weighted by Crippen LogP contribution is 2.21. The molecule has 1 heterocycles. The van der Waals surface area contributed by atoms with E-state index in [4.69, 9.17) is 0 Å². The largest absolute Gasteiger partial charge is 0.310 e. The van der Waals surface area contributed by atoms with E-state index in [2.05, 4.69) is 46.9 Å². The second-order valence-electron chi connectivity index (χ2n) is 6.55. The first-order chi connectivity index (χ1) is 9.36. The van der Waals surface area contributed by atoms with Crippen molar-refractivity contribution in [2.75, 3.05) is 13.1 Å². The Balaban J connectivity index is 1.83. The molecule has 1 aromatic carbocycles. The van der Waals surface area contributed by atoms with Crippen LogP contribution in [0.1, 0.15) is 39.2 Å². The summed E-state index contributed by atoms with van der Waals surface area (Å²) in [4.78, 5) is 2.53. The number of likely N-dealkylation sites (tertiary alicyclic amines) is 1. The van der Waals surface area contributed by atoms with Crippen LogP contribution in [0.5, 0.6) is 0 Å². The highest BCUT2D eigenvalue weighted by molar-refractivity contribution is 9.10. The Morgan fingerprint density at radius 2 is 1.95 bits per heavy atom. The molecule has 0 unspecified atom stereocenters. The molecule has 1 aromatic rings. The summed E-state index contributed by atoms with van der Waals surface area (Å²) in [5.41, 5.74) is 1.25. The van der Waals surface area contributed by atoms with E-state index in [1.54, 1.807) is 12.1 Å². The van der Waals surface area contributed by atoms with Crippen molar-refractivity contribution >= 4 is 15.9 Å². The standard InChI is InChI=1S/C16H24BrFN2/c1-16(2,3)20-8-6-14(7-9-20)19-11-12-10-13(18)4-5-15(12)17/h4-5,10,14,19H,6-9,11H2,1-3H3. The third-order valence-corrected chi connectivity index (χ3v) is 4.81. The fourth-order valence-corrected chi connectivity index (χ4v) is 3.07. The van der Waals surface area contributed by atoms with Crippen LogP contribution in [0.3, 0.4) is 0 Å². The molecule has 0 aliphatic carbocycles. The number of hydrogen-bond acceptors (Lipinski definition) is 2. The molecule has 4 heteroatoms. The van der Waals surface area contributed by atoms with Crippen LogP contribution >= 0.6 is 15.9 Å². The molecule has 0 bridgehead atoms. The second kappa shape index (κ2) is 6.54. The normalized spacial score (nSPS) is 18.4. The van der Waals surface area contributed by atoms with Crippen molar-refractivity contribution in [3.8, 4) is 0 Å². The van der Waals surface area contributed by atoms with E-state index in [-0.39, 0.29) is 11.4 Å². The zero-order chi connectivity index (χ0) is 14.8. The summed E-state index contributed by atoms with van der Waals surface area (Å²) in [6, 6.07) is 5.38. The second-order valence-corrected chi connectivity index (χ2v) is 7.40. The average Bonchev–Trinajstić information content (AvgIpc) is 2.39. The van der Waals surface area contributed by atoms with Gasteiger partial charge in [0.25, 0.3) is 0 Å². The number of benzene rings is 1. The first kappa shape index (κ1) is 15.9. The summed E-state index contributed by atoms with van der Waals surface area (Å²) in [5.74, 6) is -0.174. The van der Waals surface area contributed by atoms with E-state index in [1.807, 2.05) is 0 Å². The molecule has 0 spiro atoms. The zero-order valence-corrected chi connectivity index (χ0v) is 14.1. The molecule has 0 amide bonds. The van der Waals surface area contributed by atoms with Gasteiger partial charge in [-0.2, -0.15) is 0 Å². The maximum absolute atomic E-state index is 13.2. The Labute approximate surface area is 129 Å². The van der Waals surface area contributed by atoms with Crippen molar-refractivity contribution < 1.29 is 4.39 Å². The molecule has 1 aliphatic rings. The van der Waals surface area contributed by atoms with Crippen LogP contribution in [-0.2, 0) is 6.54 Å². The summed E-state index contributed by atoms with van der Waals surface area (Å²) in [6.45, 7) is 9.79. The van der Waals surface area contributed by atoms with Gasteiger partial charge in [-0.05, 0) is 57.4 Å². The van der Waals surface area contributed by atoms with Gasteiger partial charge >= 0.3 is 0 Å². The molecule has 1 saturated heterocycles. The van der Waals surface area contributed by atoms with Gasteiger partial charge in [-0.15, -0.1) is 0 Å². The average molecular weight is 343 g/mol. The van der Waals surface area contributed by atoms with Gasteiger partial charge in [0.2, 0.25) is 0 Å². The molecule has 1 N–H and O–H groups in total. The molecule has 20 heavy (non-hydrogen) atoms. The molecule has 0 aromatic heterocycles. The Kier molecular flexibility index (Phi) is 5.21. The smallest absolute Gasteiger partial charge is 0.123 e. The molecular formula is C16H24BrFN2. The molecule has 2 nitrogen and oxygen atoms in total. The highest BCUT2D eigenvalue weighted by atomic mass is 79.9. The van der Waals surface area contributed by atoms with Crippen molar-refractivity contribution in [2.45, 2.75) is 51.7 Å². The first-order valence-corrected chi connectivity index (χ1v) is 8.08. The van der Waals surface area contributed by atoms with Gasteiger partial charge in [-0.1, -0.05) is 15.9 Å². The maximum atomic E-state index is 13.2. The monoisotopic (exact) mass is 342 g/mol. The van der Waals surface area contributed by atoms with Crippen molar-refractivity contribution in [1.82, 2.24) is 10.2 Å². The molecule has 1 fully saturated rings. The molecule has 0 atom stereocenters. The zero-order valence-electron chi connectivity index (χ0n) is 12.5. The van der Waals surface area contributed by atoms with Crippen LogP contribution in [0, 0.1) is 5.82 Å². The third-order valence-electron chi connectivity index (χ3n) is 4.03. The SMILES string of the molecule is CC(C)(C)N1CCC(NCc2cc(F)ccc2Br)CC1. The molecule has 0 saturated carbocycles. The van der Waals surface area contributed by atoms with E-state index >= 15 is 0 Å². The molecule has 0 radical (unpaired) electrons. The van der Waals surface area contributed by atoms with Crippen molar-refractivity contribution in [2.24, 2.45) is 0 Å². The van der Waals surface area contributed by atoms with Crippen LogP contribution in [-0.4, -0.2) is 29.6 Å². The van der Waals surface area contributed by atoms with Gasteiger partial charge in [0.05, 0.1) is 0 Å². The minimum absolute atomic E-state index is 0.174. The van der Waals surface area contributed by atoms with E-state index < -0.39 is 0 Å². The van der Waals surface area contributed by atoms with E-state index in [1.165, 1.54) is 6.07 Å². The summed E-state index contributed by atoms with van der Waals surface area (Å²) in [5, 5.41) is 3.55. The van der Waals surface area contributed by atoms with Crippen LogP contribution in [0.2, 0.25) is 0 Å². The number of piperidine rings is 1. The minimum Gasteiger partial charge on any atom is -0.310 e. The van der Waals surface area contributed by atoms with Crippen molar-refractivity contribution in [1.29, 1.82) is 0 Å². The Morgan fingerprint density at radius 1 is 1.30 bits per heavy atom. The Morgan fingerprint density at radius 3 is 2.55 bits per heavy atom. The van der Waals surface area contributed by atoms with Gasteiger partial charge < -0.3 is 5.32 Å². The number of nitrogens with one attached hydrogen (secondary N) is 1. The lowest BCUT2D eigenvalue weighted by atomic mass is 9.98. The molecular weight excluding hydrogens is 319 g/mol. The van der Waals surface area contributed by atoms with Gasteiger partial charge in [0.1, 0.15) is 5.82 Å². The summed E-state index contributed by atoms with van der Waals surface area (Å²) in [6.07, 6.45) is 2.31. The lowest BCUT2D eigenvalue weighted by Crippen LogP contribution is -2.49. The summed E-state index contributed by atoms with van der Waals surface area (Å²) < 4.78 is 14.2. The minimum atomic E-state index is -0.174. The fourth-order valence-electron chi connectivity index (χ4n) is 2.69. The van der Waals surface area contributed by atoms with Gasteiger partial charge in [0, 0.05) is 35.7 Å². The number of rotatable bonds is 3. The van der Waals surface area contributed by atoms with E-state index in [0.717, 1.165) is 42.5 Å². The van der Waals surface area contributed by atoms with Crippen LogP contribution < -0.4 is 5.32 Å². The number of nitrogens with zero attached hydrogens (tertiary/aromatic N) is 1. The lowest BCUT2D eigenvalue weighted by molar-refractivity contribution is 0.0960. The third kappa shape index (κ3) is 4.27. The maximum Gasteiger partial charge on any atom is 0.123 e. The van der Waals surface area contributed by atoms with E-state index in [9.17, 15) is 4.39 Å². The Hall–Kier alpha value is -0.450. The number of halogens is 2. The number of hydrogen-bond donors (Lipinski definition) is 1. The van der Waals surface area contributed by atoms with E-state index in [0.29, 0.717) is 6.04 Å². The molecule has 1 aliphatic heterocycles.